The number of aromatic nitrogens is 1. The Morgan fingerprint density at radius 2 is 2.19 bits per heavy atom. The van der Waals surface area contributed by atoms with Crippen molar-refractivity contribution < 1.29 is 14.0 Å². The van der Waals surface area contributed by atoms with Crippen LogP contribution >= 0.6 is 15.9 Å². The molecule has 1 aliphatic rings. The zero-order chi connectivity index (χ0) is 11.1. The molecule has 0 fully saturated rings. The van der Waals surface area contributed by atoms with Gasteiger partial charge in [0.2, 0.25) is 12.7 Å². The molecule has 0 atom stereocenters. The summed E-state index contributed by atoms with van der Waals surface area (Å²) in [6.07, 6.45) is 0. The molecule has 0 saturated heterocycles. The predicted molar refractivity (Wildman–Crippen MR) is 60.2 cm³/mol. The number of nitrogen functional groups attached to an aromatic ring is 1. The number of nitrogens with two attached hydrogens (primary N) is 1. The largest absolute Gasteiger partial charge is 0.454 e. The van der Waals surface area contributed by atoms with Crippen molar-refractivity contribution in [3.05, 3.63) is 22.7 Å². The fraction of sp³-hybridized carbons (Fsp3) is 0.100. The monoisotopic (exact) mass is 282 g/mol. The van der Waals surface area contributed by atoms with Gasteiger partial charge in [0.25, 0.3) is 0 Å². The van der Waals surface area contributed by atoms with Crippen LogP contribution in [0.15, 0.2) is 27.2 Å². The fourth-order valence-electron chi connectivity index (χ4n) is 1.59. The molecule has 0 bridgehead atoms. The highest BCUT2D eigenvalue weighted by Gasteiger charge is 2.23. The summed E-state index contributed by atoms with van der Waals surface area (Å²) in [5.74, 6) is 1.61. The SMILES string of the molecule is Nc1cc(-c2c(Br)ccc3c2OCO3)no1. The van der Waals surface area contributed by atoms with Gasteiger partial charge < -0.3 is 19.7 Å². The summed E-state index contributed by atoms with van der Waals surface area (Å²) in [4.78, 5) is 0. The van der Waals surface area contributed by atoms with Gasteiger partial charge in [0, 0.05) is 10.5 Å². The van der Waals surface area contributed by atoms with Crippen LogP contribution in [-0.2, 0) is 0 Å². The van der Waals surface area contributed by atoms with Crippen molar-refractivity contribution in [3.63, 3.8) is 0 Å². The summed E-state index contributed by atoms with van der Waals surface area (Å²) in [5.41, 5.74) is 6.90. The maximum atomic E-state index is 5.49. The van der Waals surface area contributed by atoms with Crippen molar-refractivity contribution in [1.29, 1.82) is 0 Å². The first-order valence-corrected chi connectivity index (χ1v) is 5.35. The second-order valence-electron chi connectivity index (χ2n) is 3.27. The highest BCUT2D eigenvalue weighted by molar-refractivity contribution is 9.10. The first-order valence-electron chi connectivity index (χ1n) is 4.56. The van der Waals surface area contributed by atoms with Crippen LogP contribution in [0.4, 0.5) is 5.88 Å². The van der Waals surface area contributed by atoms with Crippen molar-refractivity contribution in [2.24, 2.45) is 0 Å². The van der Waals surface area contributed by atoms with E-state index in [0.717, 1.165) is 10.0 Å². The van der Waals surface area contributed by atoms with Crippen molar-refractivity contribution in [2.45, 2.75) is 0 Å². The Balaban J connectivity index is 2.23. The van der Waals surface area contributed by atoms with Crippen molar-refractivity contribution >= 4 is 21.8 Å². The number of fused-ring (bicyclic) bond motifs is 1. The van der Waals surface area contributed by atoms with E-state index < -0.39 is 0 Å². The van der Waals surface area contributed by atoms with E-state index in [1.165, 1.54) is 0 Å². The van der Waals surface area contributed by atoms with Gasteiger partial charge in [-0.3, -0.25) is 0 Å². The molecule has 1 aromatic carbocycles. The Kier molecular flexibility index (Phi) is 2.03. The molecule has 5 nitrogen and oxygen atoms in total. The first-order chi connectivity index (χ1) is 7.75. The first kappa shape index (κ1) is 9.53. The molecule has 0 radical (unpaired) electrons. The summed E-state index contributed by atoms with van der Waals surface area (Å²) in [6, 6.07) is 5.34. The number of anilines is 1. The summed E-state index contributed by atoms with van der Waals surface area (Å²) < 4.78 is 16.4. The van der Waals surface area contributed by atoms with Crippen molar-refractivity contribution in [1.82, 2.24) is 5.16 Å². The van der Waals surface area contributed by atoms with Crippen LogP contribution in [0, 0.1) is 0 Å². The number of nitrogens with zero attached hydrogens (tertiary/aromatic N) is 1. The minimum Gasteiger partial charge on any atom is -0.454 e. The summed E-state index contributed by atoms with van der Waals surface area (Å²) >= 11 is 3.44. The molecular weight excluding hydrogens is 276 g/mol. The molecule has 3 rings (SSSR count). The zero-order valence-corrected chi connectivity index (χ0v) is 9.65. The number of halogens is 1. The van der Waals surface area contributed by atoms with Crippen molar-refractivity contribution in [2.75, 3.05) is 12.5 Å². The summed E-state index contributed by atoms with van der Waals surface area (Å²) in [5, 5.41) is 3.86. The lowest BCUT2D eigenvalue weighted by Gasteiger charge is -2.04. The van der Waals surface area contributed by atoms with Crippen LogP contribution in [-0.4, -0.2) is 11.9 Å². The van der Waals surface area contributed by atoms with Crippen molar-refractivity contribution in [3.8, 4) is 22.8 Å². The maximum Gasteiger partial charge on any atom is 0.231 e. The Hall–Kier alpha value is -1.69. The quantitative estimate of drug-likeness (QED) is 0.870. The van der Waals surface area contributed by atoms with Gasteiger partial charge in [0.1, 0.15) is 5.69 Å². The molecule has 82 valence electrons. The predicted octanol–water partition coefficient (Wildman–Crippen LogP) is 2.42. The maximum absolute atomic E-state index is 5.49. The van der Waals surface area contributed by atoms with Gasteiger partial charge in [-0.1, -0.05) is 5.16 Å². The Morgan fingerprint density at radius 1 is 1.31 bits per heavy atom. The van der Waals surface area contributed by atoms with Crippen LogP contribution in [0.1, 0.15) is 0 Å². The minimum atomic E-state index is 0.214. The van der Waals surface area contributed by atoms with Gasteiger partial charge in [-0.2, -0.15) is 0 Å². The normalized spacial score (nSPS) is 13.1. The van der Waals surface area contributed by atoms with E-state index >= 15 is 0 Å². The average Bonchev–Trinajstić information content (AvgIpc) is 2.86. The van der Waals surface area contributed by atoms with Gasteiger partial charge in [0.15, 0.2) is 11.5 Å². The Labute approximate surface area is 99.2 Å². The van der Waals surface area contributed by atoms with Crippen LogP contribution in [0.5, 0.6) is 11.5 Å². The molecule has 0 amide bonds. The van der Waals surface area contributed by atoms with Gasteiger partial charge in [0.05, 0.1) is 5.56 Å². The van der Waals surface area contributed by atoms with Crippen LogP contribution in [0.25, 0.3) is 11.3 Å². The topological polar surface area (TPSA) is 70.5 Å². The second kappa shape index (κ2) is 3.41. The summed E-state index contributed by atoms with van der Waals surface area (Å²) in [6.45, 7) is 0.214. The van der Waals surface area contributed by atoms with E-state index in [2.05, 4.69) is 21.1 Å². The van der Waals surface area contributed by atoms with E-state index in [1.807, 2.05) is 12.1 Å². The lowest BCUT2D eigenvalue weighted by atomic mass is 10.1. The smallest absolute Gasteiger partial charge is 0.231 e. The Bertz CT molecular complexity index is 553. The number of ether oxygens (including phenoxy) is 2. The standard InChI is InChI=1S/C10H7BrN2O3/c11-5-1-2-7-10(15-4-14-7)9(5)6-3-8(12)16-13-6/h1-3H,4,12H2. The number of rotatable bonds is 1. The number of benzene rings is 1. The molecule has 0 aliphatic carbocycles. The number of hydrogen-bond donors (Lipinski definition) is 1. The molecule has 0 spiro atoms. The average molecular weight is 283 g/mol. The molecule has 0 saturated carbocycles. The zero-order valence-electron chi connectivity index (χ0n) is 8.07. The van der Waals surface area contributed by atoms with Gasteiger partial charge >= 0.3 is 0 Å². The third-order valence-corrected chi connectivity index (χ3v) is 2.93. The molecule has 2 aromatic rings. The van der Waals surface area contributed by atoms with E-state index in [9.17, 15) is 0 Å². The van der Waals surface area contributed by atoms with Gasteiger partial charge in [-0.05, 0) is 28.1 Å². The highest BCUT2D eigenvalue weighted by Crippen LogP contribution is 2.45. The molecule has 2 heterocycles. The molecule has 0 unspecified atom stereocenters. The van der Waals surface area contributed by atoms with E-state index in [0.29, 0.717) is 17.2 Å². The molecule has 1 aromatic heterocycles. The highest BCUT2D eigenvalue weighted by atomic mass is 79.9. The third kappa shape index (κ3) is 1.34. The molecule has 6 heteroatoms. The third-order valence-electron chi connectivity index (χ3n) is 2.27. The van der Waals surface area contributed by atoms with E-state index in [1.54, 1.807) is 6.07 Å². The second-order valence-corrected chi connectivity index (χ2v) is 4.13. The van der Waals surface area contributed by atoms with Gasteiger partial charge in [-0.15, -0.1) is 0 Å². The van der Waals surface area contributed by atoms with E-state index in [4.69, 9.17) is 19.7 Å². The van der Waals surface area contributed by atoms with Crippen LogP contribution in [0.3, 0.4) is 0 Å². The lowest BCUT2D eigenvalue weighted by Crippen LogP contribution is -1.93. The fourth-order valence-corrected chi connectivity index (χ4v) is 2.11. The number of hydrogen-bond acceptors (Lipinski definition) is 5. The van der Waals surface area contributed by atoms with Crippen LogP contribution < -0.4 is 15.2 Å². The summed E-state index contributed by atoms with van der Waals surface area (Å²) in [7, 11) is 0. The molecular formula is C10H7BrN2O3. The van der Waals surface area contributed by atoms with E-state index in [-0.39, 0.29) is 12.7 Å². The lowest BCUT2D eigenvalue weighted by molar-refractivity contribution is 0.174. The van der Waals surface area contributed by atoms with Gasteiger partial charge in [-0.25, -0.2) is 0 Å². The molecule has 16 heavy (non-hydrogen) atoms. The minimum absolute atomic E-state index is 0.214. The van der Waals surface area contributed by atoms with Crippen LogP contribution in [0.2, 0.25) is 0 Å². The Morgan fingerprint density at radius 3 is 2.94 bits per heavy atom. The molecule has 2 N–H and O–H groups in total. The molecule has 1 aliphatic heterocycles.